The smallest absolute Gasteiger partial charge is 0.305 e. The van der Waals surface area contributed by atoms with Gasteiger partial charge in [0.05, 0.1) is 25.4 Å². The minimum Gasteiger partial charge on any atom is -0.466 e. The van der Waals surface area contributed by atoms with Crippen LogP contribution in [0.3, 0.4) is 0 Å². The van der Waals surface area contributed by atoms with Gasteiger partial charge in [-0.1, -0.05) is 339 Å². The van der Waals surface area contributed by atoms with Crippen molar-refractivity contribution >= 4 is 11.9 Å². The predicted octanol–water partition coefficient (Wildman–Crippen LogP) is 23.6. The molecule has 0 spiro atoms. The molecule has 0 saturated heterocycles. The van der Waals surface area contributed by atoms with Crippen molar-refractivity contribution in [1.29, 1.82) is 0 Å². The molecule has 3 N–H and O–H groups in total. The zero-order valence-corrected chi connectivity index (χ0v) is 54.5. The molecule has 81 heavy (non-hydrogen) atoms. The van der Waals surface area contributed by atoms with E-state index in [0.717, 1.165) is 51.4 Å². The zero-order valence-electron chi connectivity index (χ0n) is 54.5. The second kappa shape index (κ2) is 70.3. The maximum atomic E-state index is 12.4. The van der Waals surface area contributed by atoms with Gasteiger partial charge in [0, 0.05) is 12.8 Å². The van der Waals surface area contributed by atoms with Crippen molar-refractivity contribution in [2.24, 2.45) is 0 Å². The van der Waals surface area contributed by atoms with Gasteiger partial charge in [-0.25, -0.2) is 0 Å². The Bertz CT molecular complexity index is 1360. The molecular formula is C75H141NO5. The van der Waals surface area contributed by atoms with E-state index in [9.17, 15) is 19.8 Å². The highest BCUT2D eigenvalue weighted by Crippen LogP contribution is 2.18. The zero-order chi connectivity index (χ0) is 58.5. The third kappa shape index (κ3) is 66.8. The van der Waals surface area contributed by atoms with Crippen molar-refractivity contribution in [1.82, 2.24) is 5.32 Å². The number of esters is 1. The molecule has 0 heterocycles. The highest BCUT2D eigenvalue weighted by molar-refractivity contribution is 5.76. The van der Waals surface area contributed by atoms with Crippen LogP contribution in [0.1, 0.15) is 393 Å². The van der Waals surface area contributed by atoms with Gasteiger partial charge in [-0.2, -0.15) is 0 Å². The van der Waals surface area contributed by atoms with Gasteiger partial charge in [0.1, 0.15) is 0 Å². The van der Waals surface area contributed by atoms with E-state index in [2.05, 4.69) is 55.6 Å². The summed E-state index contributed by atoms with van der Waals surface area (Å²) >= 11 is 0. The third-order valence-corrected chi connectivity index (χ3v) is 16.8. The van der Waals surface area contributed by atoms with Crippen LogP contribution in [0.15, 0.2) is 48.6 Å². The number of aliphatic hydroxyl groups is 2. The van der Waals surface area contributed by atoms with Crippen LogP contribution in [-0.4, -0.2) is 47.4 Å². The third-order valence-electron chi connectivity index (χ3n) is 16.8. The normalized spacial score (nSPS) is 12.8. The summed E-state index contributed by atoms with van der Waals surface area (Å²) in [4.78, 5) is 24.5. The van der Waals surface area contributed by atoms with E-state index in [1.807, 2.05) is 6.08 Å². The Balaban J connectivity index is 3.31. The first-order chi connectivity index (χ1) is 40.0. The minimum absolute atomic E-state index is 0.0139. The second-order valence-corrected chi connectivity index (χ2v) is 24.9. The number of rotatable bonds is 68. The number of carbonyl (C=O) groups is 2. The average Bonchev–Trinajstić information content (AvgIpc) is 3.47. The van der Waals surface area contributed by atoms with E-state index in [1.54, 1.807) is 6.08 Å². The number of amides is 1. The van der Waals surface area contributed by atoms with Gasteiger partial charge >= 0.3 is 5.97 Å². The van der Waals surface area contributed by atoms with Crippen molar-refractivity contribution in [2.45, 2.75) is 405 Å². The molecule has 0 radical (unpaired) electrons. The van der Waals surface area contributed by atoms with Gasteiger partial charge in [0.15, 0.2) is 0 Å². The van der Waals surface area contributed by atoms with Gasteiger partial charge in [0.2, 0.25) is 5.91 Å². The fourth-order valence-corrected chi connectivity index (χ4v) is 11.3. The maximum absolute atomic E-state index is 12.4. The lowest BCUT2D eigenvalue weighted by Gasteiger charge is -2.20. The molecule has 0 bridgehead atoms. The van der Waals surface area contributed by atoms with Crippen LogP contribution in [0.4, 0.5) is 0 Å². The number of unbranched alkanes of at least 4 members (excludes halogenated alkanes) is 51. The lowest BCUT2D eigenvalue weighted by Crippen LogP contribution is -2.45. The molecule has 0 aromatic rings. The molecule has 1 amide bonds. The molecule has 0 saturated carbocycles. The number of aliphatic hydroxyl groups excluding tert-OH is 2. The summed E-state index contributed by atoms with van der Waals surface area (Å²) in [5, 5.41) is 23.0. The molecule has 2 unspecified atom stereocenters. The van der Waals surface area contributed by atoms with E-state index in [4.69, 9.17) is 4.74 Å². The number of allylic oxidation sites excluding steroid dienone is 7. The van der Waals surface area contributed by atoms with Gasteiger partial charge in [-0.15, -0.1) is 0 Å². The summed E-state index contributed by atoms with van der Waals surface area (Å²) in [5.74, 6) is -0.0517. The molecule has 476 valence electrons. The Hall–Kier alpha value is -2.18. The number of carbonyl (C=O) groups excluding carboxylic acids is 2. The summed E-state index contributed by atoms with van der Waals surface area (Å²) in [6.45, 7) is 4.88. The monoisotopic (exact) mass is 1140 g/mol. The first-order valence-corrected chi connectivity index (χ1v) is 36.4. The Morgan fingerprint density at radius 3 is 0.963 bits per heavy atom. The van der Waals surface area contributed by atoms with Crippen molar-refractivity contribution < 1.29 is 24.5 Å². The summed E-state index contributed by atoms with van der Waals surface area (Å²) in [5.41, 5.74) is 0. The molecule has 0 rings (SSSR count). The summed E-state index contributed by atoms with van der Waals surface area (Å²) in [6, 6.07) is -0.623. The van der Waals surface area contributed by atoms with E-state index in [0.29, 0.717) is 19.4 Å². The first kappa shape index (κ1) is 78.8. The van der Waals surface area contributed by atoms with Crippen molar-refractivity contribution in [3.63, 3.8) is 0 Å². The average molecular weight is 1140 g/mol. The lowest BCUT2D eigenvalue weighted by molar-refractivity contribution is -0.143. The van der Waals surface area contributed by atoms with Gasteiger partial charge in [0.25, 0.3) is 0 Å². The topological polar surface area (TPSA) is 95.9 Å². The van der Waals surface area contributed by atoms with Crippen LogP contribution < -0.4 is 5.32 Å². The van der Waals surface area contributed by atoms with E-state index in [-0.39, 0.29) is 18.5 Å². The maximum Gasteiger partial charge on any atom is 0.305 e. The van der Waals surface area contributed by atoms with Gasteiger partial charge in [-0.3, -0.25) is 9.59 Å². The SMILES string of the molecule is CCCCCC/C=C\C/C=C\CCCCCCCCCC(=O)OCCCCCCCCCCCCCCCCCC/C=C\CCCCCCCCCCCCCCCCCCCC(=O)NC(CO)C(O)/C=C/CCCCCCCCC. The van der Waals surface area contributed by atoms with Crippen LogP contribution in [-0.2, 0) is 14.3 Å². The molecule has 6 heteroatoms. The summed E-state index contributed by atoms with van der Waals surface area (Å²) in [7, 11) is 0. The van der Waals surface area contributed by atoms with E-state index in [1.165, 1.54) is 315 Å². The second-order valence-electron chi connectivity index (χ2n) is 24.9. The standard InChI is InChI=1S/C75H141NO5/c1-3-5-7-9-11-13-14-15-16-17-40-43-46-49-53-57-61-65-69-75(80)81-70-66-62-58-54-50-47-44-41-38-36-34-32-30-28-26-24-22-20-18-19-21-23-25-27-29-31-33-35-37-39-42-45-48-52-56-60-64-68-74(79)76-72(71-77)73(78)67-63-59-55-51-12-10-8-6-4-2/h13-14,16-18,20,63,67,72-73,77-78H,3-12,15,19,21-62,64-66,68-71H2,1-2H3,(H,76,79)/b14-13-,17-16-,20-18-,67-63+. The molecule has 6 nitrogen and oxygen atoms in total. The van der Waals surface area contributed by atoms with E-state index >= 15 is 0 Å². The molecule has 0 aromatic carbocycles. The molecule has 0 aliphatic heterocycles. The Labute approximate surface area is 506 Å². The van der Waals surface area contributed by atoms with Crippen LogP contribution in [0, 0.1) is 0 Å². The van der Waals surface area contributed by atoms with E-state index < -0.39 is 12.1 Å². The Kier molecular flexibility index (Phi) is 68.4. The van der Waals surface area contributed by atoms with Crippen molar-refractivity contribution in [3.05, 3.63) is 48.6 Å². The highest BCUT2D eigenvalue weighted by Gasteiger charge is 2.18. The Morgan fingerprint density at radius 2 is 0.617 bits per heavy atom. The predicted molar refractivity (Wildman–Crippen MR) is 356 cm³/mol. The van der Waals surface area contributed by atoms with Crippen molar-refractivity contribution in [2.75, 3.05) is 13.2 Å². The number of nitrogens with one attached hydrogen (secondary N) is 1. The first-order valence-electron chi connectivity index (χ1n) is 36.4. The van der Waals surface area contributed by atoms with Crippen LogP contribution in [0.5, 0.6) is 0 Å². The van der Waals surface area contributed by atoms with Gasteiger partial charge in [-0.05, 0) is 89.9 Å². The number of hydrogen-bond donors (Lipinski definition) is 3. The minimum atomic E-state index is -0.839. The molecule has 0 aliphatic rings. The molecule has 2 atom stereocenters. The summed E-state index contributed by atoms with van der Waals surface area (Å²) in [6.07, 6.45) is 92.3. The molecule has 0 aliphatic carbocycles. The number of ether oxygens (including phenoxy) is 1. The largest absolute Gasteiger partial charge is 0.466 e. The van der Waals surface area contributed by atoms with Crippen LogP contribution in [0.25, 0.3) is 0 Å². The van der Waals surface area contributed by atoms with Crippen LogP contribution >= 0.6 is 0 Å². The molecule has 0 aromatic heterocycles. The lowest BCUT2D eigenvalue weighted by atomic mass is 10.0. The van der Waals surface area contributed by atoms with Crippen molar-refractivity contribution in [3.8, 4) is 0 Å². The fourth-order valence-electron chi connectivity index (χ4n) is 11.3. The molecular weight excluding hydrogens is 995 g/mol. The number of hydrogen-bond acceptors (Lipinski definition) is 5. The quantitative estimate of drug-likeness (QED) is 0.0320. The molecule has 0 fully saturated rings. The highest BCUT2D eigenvalue weighted by atomic mass is 16.5. The fraction of sp³-hybridized carbons (Fsp3) is 0.867. The Morgan fingerprint density at radius 1 is 0.346 bits per heavy atom. The summed E-state index contributed by atoms with van der Waals surface area (Å²) < 4.78 is 5.51. The van der Waals surface area contributed by atoms with Gasteiger partial charge < -0.3 is 20.3 Å². The van der Waals surface area contributed by atoms with Crippen LogP contribution in [0.2, 0.25) is 0 Å².